The molecule has 0 radical (unpaired) electrons. The highest BCUT2D eigenvalue weighted by molar-refractivity contribution is 5.46. The second-order valence-corrected chi connectivity index (χ2v) is 4.07. The molecule has 0 bridgehead atoms. The third-order valence-corrected chi connectivity index (χ3v) is 2.85. The fraction of sp³-hybridized carbons (Fsp3) is 0.500. The molecule has 1 aromatic heterocycles. The maximum atomic E-state index is 13.2. The first-order valence-corrected chi connectivity index (χ1v) is 5.68. The first kappa shape index (κ1) is 12.6. The standard InChI is InChI=1S/C12H14FN3O2/c1-17-12-5-9(4-11(13)16-12)15-10-7-18-3-2-8(10)6-14/h4-5,8,10H,2-3,7H2,1H3,(H,15,16)/t8-,10+/m1/s1. The van der Waals surface area contributed by atoms with E-state index in [1.807, 2.05) is 0 Å². The predicted octanol–water partition coefficient (Wildman–Crippen LogP) is 1.57. The Balaban J connectivity index is 2.12. The number of ether oxygens (including phenoxy) is 2. The smallest absolute Gasteiger partial charge is 0.218 e. The number of nitrogens with zero attached hydrogens (tertiary/aromatic N) is 2. The van der Waals surface area contributed by atoms with Crippen LogP contribution in [0.2, 0.25) is 0 Å². The number of rotatable bonds is 3. The quantitative estimate of drug-likeness (QED) is 0.826. The normalized spacial score (nSPS) is 23.2. The summed E-state index contributed by atoms with van der Waals surface area (Å²) in [4.78, 5) is 3.56. The Morgan fingerprint density at radius 3 is 3.17 bits per heavy atom. The van der Waals surface area contributed by atoms with E-state index in [9.17, 15) is 4.39 Å². The van der Waals surface area contributed by atoms with E-state index < -0.39 is 5.95 Å². The van der Waals surface area contributed by atoms with Crippen molar-refractivity contribution in [2.24, 2.45) is 5.92 Å². The minimum atomic E-state index is -0.623. The van der Waals surface area contributed by atoms with Gasteiger partial charge in [0.2, 0.25) is 11.8 Å². The second-order valence-electron chi connectivity index (χ2n) is 4.07. The lowest BCUT2D eigenvalue weighted by atomic mass is 9.96. The van der Waals surface area contributed by atoms with Crippen LogP contribution >= 0.6 is 0 Å². The molecule has 1 aromatic rings. The molecule has 18 heavy (non-hydrogen) atoms. The van der Waals surface area contributed by atoms with E-state index in [0.717, 1.165) is 0 Å². The van der Waals surface area contributed by atoms with Crippen molar-refractivity contribution in [1.29, 1.82) is 5.26 Å². The largest absolute Gasteiger partial charge is 0.481 e. The summed E-state index contributed by atoms with van der Waals surface area (Å²) in [5.74, 6) is -0.564. The van der Waals surface area contributed by atoms with Crippen LogP contribution in [0.15, 0.2) is 12.1 Å². The van der Waals surface area contributed by atoms with Crippen molar-refractivity contribution in [3.63, 3.8) is 0 Å². The van der Waals surface area contributed by atoms with Crippen LogP contribution in [0.5, 0.6) is 5.88 Å². The number of nitriles is 1. The molecule has 6 heteroatoms. The second kappa shape index (κ2) is 5.65. The summed E-state index contributed by atoms with van der Waals surface area (Å²) in [6, 6.07) is 4.95. The number of aromatic nitrogens is 1. The van der Waals surface area contributed by atoms with Crippen LogP contribution in [0.1, 0.15) is 6.42 Å². The van der Waals surface area contributed by atoms with Gasteiger partial charge < -0.3 is 14.8 Å². The van der Waals surface area contributed by atoms with Gasteiger partial charge in [-0.15, -0.1) is 0 Å². The van der Waals surface area contributed by atoms with Crippen molar-refractivity contribution in [2.75, 3.05) is 25.6 Å². The third-order valence-electron chi connectivity index (χ3n) is 2.85. The summed E-state index contributed by atoms with van der Waals surface area (Å²) < 4.78 is 23.4. The summed E-state index contributed by atoms with van der Waals surface area (Å²) in [6.07, 6.45) is 0.679. The number of pyridine rings is 1. The number of hydrogen-bond donors (Lipinski definition) is 1. The van der Waals surface area contributed by atoms with Crippen LogP contribution in [0.4, 0.5) is 10.1 Å². The van der Waals surface area contributed by atoms with E-state index in [2.05, 4.69) is 16.4 Å². The first-order valence-electron chi connectivity index (χ1n) is 5.68. The molecule has 2 atom stereocenters. The van der Waals surface area contributed by atoms with Gasteiger partial charge in [-0.2, -0.15) is 14.6 Å². The van der Waals surface area contributed by atoms with E-state index >= 15 is 0 Å². The number of hydrogen-bond acceptors (Lipinski definition) is 5. The van der Waals surface area contributed by atoms with Crippen LogP contribution in [-0.4, -0.2) is 31.3 Å². The first-order chi connectivity index (χ1) is 8.72. The molecule has 0 saturated carbocycles. The number of nitrogens with one attached hydrogen (secondary N) is 1. The van der Waals surface area contributed by atoms with Crippen molar-refractivity contribution < 1.29 is 13.9 Å². The van der Waals surface area contributed by atoms with Crippen molar-refractivity contribution in [2.45, 2.75) is 12.5 Å². The maximum Gasteiger partial charge on any atom is 0.218 e. The highest BCUT2D eigenvalue weighted by Gasteiger charge is 2.25. The zero-order chi connectivity index (χ0) is 13.0. The van der Waals surface area contributed by atoms with Gasteiger partial charge in [0, 0.05) is 24.4 Å². The number of anilines is 1. The highest BCUT2D eigenvalue weighted by Crippen LogP contribution is 2.22. The lowest BCUT2D eigenvalue weighted by Gasteiger charge is -2.28. The van der Waals surface area contributed by atoms with Crippen molar-refractivity contribution in [3.8, 4) is 11.9 Å². The number of methoxy groups -OCH3 is 1. The van der Waals surface area contributed by atoms with Gasteiger partial charge in [-0.05, 0) is 6.42 Å². The number of halogens is 1. The van der Waals surface area contributed by atoms with Crippen LogP contribution < -0.4 is 10.1 Å². The van der Waals surface area contributed by atoms with Crippen molar-refractivity contribution >= 4 is 5.69 Å². The molecule has 1 fully saturated rings. The van der Waals surface area contributed by atoms with Crippen molar-refractivity contribution in [3.05, 3.63) is 18.1 Å². The molecule has 0 spiro atoms. The van der Waals surface area contributed by atoms with Gasteiger partial charge in [0.05, 0.1) is 31.7 Å². The molecule has 1 saturated heterocycles. The van der Waals surface area contributed by atoms with Gasteiger partial charge >= 0.3 is 0 Å². The minimum absolute atomic E-state index is 0.138. The molecular formula is C12H14FN3O2. The molecule has 2 heterocycles. The molecule has 1 aliphatic heterocycles. The summed E-state index contributed by atoms with van der Waals surface area (Å²) in [7, 11) is 1.42. The highest BCUT2D eigenvalue weighted by atomic mass is 19.1. The molecular weight excluding hydrogens is 237 g/mol. The van der Waals surface area contributed by atoms with E-state index in [1.54, 1.807) is 6.07 Å². The third kappa shape index (κ3) is 2.87. The molecule has 1 N–H and O–H groups in total. The fourth-order valence-corrected chi connectivity index (χ4v) is 1.91. The molecule has 2 rings (SSSR count). The van der Waals surface area contributed by atoms with Gasteiger partial charge in [-0.25, -0.2) is 0 Å². The maximum absolute atomic E-state index is 13.2. The average molecular weight is 251 g/mol. The zero-order valence-corrected chi connectivity index (χ0v) is 10.0. The lowest BCUT2D eigenvalue weighted by molar-refractivity contribution is 0.0699. The molecule has 0 unspecified atom stereocenters. The summed E-state index contributed by atoms with van der Waals surface area (Å²) in [5, 5.41) is 12.1. The van der Waals surface area contributed by atoms with Crippen LogP contribution in [0.25, 0.3) is 0 Å². The van der Waals surface area contributed by atoms with Crippen molar-refractivity contribution in [1.82, 2.24) is 4.98 Å². The molecule has 1 aliphatic rings. The Kier molecular flexibility index (Phi) is 3.95. The lowest BCUT2D eigenvalue weighted by Crippen LogP contribution is -2.37. The Morgan fingerprint density at radius 1 is 1.61 bits per heavy atom. The topological polar surface area (TPSA) is 67.2 Å². The zero-order valence-electron chi connectivity index (χ0n) is 10.0. The van der Waals surface area contributed by atoms with E-state index in [4.69, 9.17) is 14.7 Å². The summed E-state index contributed by atoms with van der Waals surface area (Å²) in [5.41, 5.74) is 0.537. The Hall–Kier alpha value is -1.87. The van der Waals surface area contributed by atoms with E-state index in [1.165, 1.54) is 13.2 Å². The Labute approximate surface area is 105 Å². The molecule has 96 valence electrons. The average Bonchev–Trinajstić information content (AvgIpc) is 2.38. The predicted molar refractivity (Wildman–Crippen MR) is 62.7 cm³/mol. The summed E-state index contributed by atoms with van der Waals surface area (Å²) >= 11 is 0. The van der Waals surface area contributed by atoms with Gasteiger partial charge in [0.25, 0.3) is 0 Å². The fourth-order valence-electron chi connectivity index (χ4n) is 1.91. The van der Waals surface area contributed by atoms with Gasteiger partial charge in [-0.3, -0.25) is 0 Å². The van der Waals surface area contributed by atoms with Crippen LogP contribution in [0, 0.1) is 23.2 Å². The summed E-state index contributed by atoms with van der Waals surface area (Å²) in [6.45, 7) is 1.02. The van der Waals surface area contributed by atoms with E-state index in [0.29, 0.717) is 25.3 Å². The molecule has 5 nitrogen and oxygen atoms in total. The molecule has 0 amide bonds. The minimum Gasteiger partial charge on any atom is -0.481 e. The Bertz CT molecular complexity index is 461. The Morgan fingerprint density at radius 2 is 2.44 bits per heavy atom. The monoisotopic (exact) mass is 251 g/mol. The van der Waals surface area contributed by atoms with E-state index in [-0.39, 0.29) is 17.8 Å². The van der Waals surface area contributed by atoms with Crippen LogP contribution in [0.3, 0.4) is 0 Å². The molecule has 0 aromatic carbocycles. The van der Waals surface area contributed by atoms with Gasteiger partial charge in [0.15, 0.2) is 0 Å². The SMILES string of the molecule is COc1cc(N[C@H]2COCC[C@@H]2C#N)cc(F)n1. The molecule has 0 aliphatic carbocycles. The van der Waals surface area contributed by atoms with Gasteiger partial charge in [-0.1, -0.05) is 0 Å². The van der Waals surface area contributed by atoms with Gasteiger partial charge in [0.1, 0.15) is 0 Å². The van der Waals surface area contributed by atoms with Crippen LogP contribution in [-0.2, 0) is 4.74 Å².